The quantitative estimate of drug-likeness (QED) is 0.0239. The lowest BCUT2D eigenvalue weighted by molar-refractivity contribution is -0.161. The molecule has 1 aliphatic carbocycles. The summed E-state index contributed by atoms with van der Waals surface area (Å²) in [6.45, 7) is 3.37. The molecule has 1 rings (SSSR count). The number of esters is 2. The van der Waals surface area contributed by atoms with E-state index in [1.54, 1.807) is 12.2 Å². The van der Waals surface area contributed by atoms with Gasteiger partial charge < -0.3 is 25.2 Å². The molecule has 0 aromatic carbocycles. The molecule has 0 saturated carbocycles. The molecule has 55 heavy (non-hydrogen) atoms. The number of unbranched alkanes of at least 4 members (excludes halogenated alkanes) is 14. The van der Waals surface area contributed by atoms with Crippen LogP contribution in [0.4, 0.5) is 0 Å². The van der Waals surface area contributed by atoms with Crippen LogP contribution in [0.3, 0.4) is 0 Å². The minimum Gasteiger partial charge on any atom is -0.462 e. The van der Waals surface area contributed by atoms with Gasteiger partial charge in [-0.3, -0.25) is 23.4 Å². The second-order valence-electron chi connectivity index (χ2n) is 14.5. The summed E-state index contributed by atoms with van der Waals surface area (Å²) < 4.78 is 32.7. The largest absolute Gasteiger partial charge is 0.472 e. The minimum absolute atomic E-state index is 0.0184. The monoisotopic (exact) mass is 796 g/mol. The summed E-state index contributed by atoms with van der Waals surface area (Å²) in [6.07, 6.45) is 34.8. The molecular formula is C43H74NO10P. The SMILES string of the molecule is CCCCCC/C=C\CCCCCCCCCC(=O)OC[C@H](COP(=O)(O)OCCN)OC(=O)CCC/C=C\C[C@H]1C=CC(=O)[C@@H]1/C=C/[C@@H](O)CCCCC. The highest BCUT2D eigenvalue weighted by Gasteiger charge is 2.27. The molecule has 0 aromatic rings. The number of hydrogen-bond donors (Lipinski definition) is 3. The normalized spacial score (nSPS) is 18.1. The fourth-order valence-corrected chi connectivity index (χ4v) is 6.91. The zero-order valence-corrected chi connectivity index (χ0v) is 34.9. The number of aliphatic hydroxyl groups is 1. The lowest BCUT2D eigenvalue weighted by Gasteiger charge is -2.19. The Morgan fingerprint density at radius 3 is 2.09 bits per heavy atom. The maximum absolute atomic E-state index is 12.7. The van der Waals surface area contributed by atoms with Gasteiger partial charge in [0.2, 0.25) is 0 Å². The Hall–Kier alpha value is -2.40. The number of phosphoric acid groups is 1. The van der Waals surface area contributed by atoms with Crippen LogP contribution < -0.4 is 5.73 Å². The van der Waals surface area contributed by atoms with Gasteiger partial charge in [0, 0.05) is 25.3 Å². The summed E-state index contributed by atoms with van der Waals surface area (Å²) in [4.78, 5) is 47.3. The van der Waals surface area contributed by atoms with Gasteiger partial charge in [0.1, 0.15) is 6.61 Å². The van der Waals surface area contributed by atoms with Crippen molar-refractivity contribution >= 4 is 25.5 Å². The lowest BCUT2D eigenvalue weighted by Crippen LogP contribution is -2.29. The molecule has 0 heterocycles. The Kier molecular flexibility index (Phi) is 31.0. The number of ketones is 1. The fraction of sp³-hybridized carbons (Fsp3) is 0.744. The number of allylic oxidation sites excluding steroid dienone is 7. The second-order valence-corrected chi connectivity index (χ2v) is 16.0. The van der Waals surface area contributed by atoms with Crippen molar-refractivity contribution in [2.75, 3.05) is 26.4 Å². The molecule has 5 atom stereocenters. The zero-order valence-electron chi connectivity index (χ0n) is 34.0. The third-order valence-electron chi connectivity index (χ3n) is 9.44. The molecule has 0 saturated heterocycles. The van der Waals surface area contributed by atoms with Gasteiger partial charge in [-0.1, -0.05) is 127 Å². The molecule has 4 N–H and O–H groups in total. The van der Waals surface area contributed by atoms with Crippen LogP contribution in [0, 0.1) is 11.8 Å². The molecule has 1 unspecified atom stereocenters. The van der Waals surface area contributed by atoms with E-state index in [4.69, 9.17) is 24.3 Å². The second kappa shape index (κ2) is 33.7. The van der Waals surface area contributed by atoms with Crippen LogP contribution in [-0.2, 0) is 37.5 Å². The lowest BCUT2D eigenvalue weighted by atomic mass is 9.90. The summed E-state index contributed by atoms with van der Waals surface area (Å²) in [5, 5.41) is 10.2. The Morgan fingerprint density at radius 2 is 1.40 bits per heavy atom. The fourth-order valence-electron chi connectivity index (χ4n) is 6.15. The van der Waals surface area contributed by atoms with E-state index in [0.717, 1.165) is 44.9 Å². The Labute approximate surface area is 332 Å². The van der Waals surface area contributed by atoms with Crippen molar-refractivity contribution < 1.29 is 47.5 Å². The van der Waals surface area contributed by atoms with Gasteiger partial charge in [0.25, 0.3) is 0 Å². The highest BCUT2D eigenvalue weighted by Crippen LogP contribution is 2.43. The number of ether oxygens (including phenoxy) is 2. The van der Waals surface area contributed by atoms with Crippen LogP contribution >= 0.6 is 7.82 Å². The number of aliphatic hydroxyl groups excluding tert-OH is 1. The molecule has 0 amide bonds. The van der Waals surface area contributed by atoms with Crippen molar-refractivity contribution in [2.24, 2.45) is 17.6 Å². The molecule has 0 bridgehead atoms. The van der Waals surface area contributed by atoms with Gasteiger partial charge in [-0.15, -0.1) is 0 Å². The van der Waals surface area contributed by atoms with Crippen LogP contribution in [0.1, 0.15) is 155 Å². The molecule has 0 fully saturated rings. The van der Waals surface area contributed by atoms with Crippen molar-refractivity contribution in [3.63, 3.8) is 0 Å². The topological polar surface area (TPSA) is 172 Å². The number of phosphoric ester groups is 1. The number of rotatable bonds is 36. The number of nitrogens with two attached hydrogens (primary N) is 1. The molecule has 0 radical (unpaired) electrons. The molecule has 0 spiro atoms. The smallest absolute Gasteiger partial charge is 0.462 e. The average Bonchev–Trinajstić information content (AvgIpc) is 3.52. The number of carbonyl (C=O) groups excluding carboxylic acids is 3. The van der Waals surface area contributed by atoms with Crippen LogP contribution in [-0.4, -0.2) is 66.3 Å². The highest BCUT2D eigenvalue weighted by atomic mass is 31.2. The van der Waals surface area contributed by atoms with Crippen molar-refractivity contribution in [2.45, 2.75) is 167 Å². The number of carbonyl (C=O) groups is 3. The Balaban J connectivity index is 2.39. The van der Waals surface area contributed by atoms with E-state index >= 15 is 0 Å². The molecule has 316 valence electrons. The van der Waals surface area contributed by atoms with Gasteiger partial charge in [-0.25, -0.2) is 4.57 Å². The maximum atomic E-state index is 12.7. The van der Waals surface area contributed by atoms with Crippen LogP contribution in [0.15, 0.2) is 48.6 Å². The minimum atomic E-state index is -4.43. The Bertz CT molecular complexity index is 1190. The predicted molar refractivity (Wildman–Crippen MR) is 219 cm³/mol. The summed E-state index contributed by atoms with van der Waals surface area (Å²) in [6, 6.07) is 0. The van der Waals surface area contributed by atoms with E-state index < -0.39 is 38.6 Å². The molecule has 0 aliphatic heterocycles. The molecule has 0 aromatic heterocycles. The van der Waals surface area contributed by atoms with E-state index in [1.807, 2.05) is 24.3 Å². The maximum Gasteiger partial charge on any atom is 0.472 e. The third-order valence-corrected chi connectivity index (χ3v) is 10.4. The highest BCUT2D eigenvalue weighted by molar-refractivity contribution is 7.47. The van der Waals surface area contributed by atoms with E-state index in [9.17, 15) is 28.9 Å². The summed E-state index contributed by atoms with van der Waals surface area (Å²) in [7, 11) is -4.43. The summed E-state index contributed by atoms with van der Waals surface area (Å²) in [5.74, 6) is -1.22. The van der Waals surface area contributed by atoms with Gasteiger partial charge in [0.15, 0.2) is 11.9 Å². The van der Waals surface area contributed by atoms with E-state index in [0.29, 0.717) is 32.1 Å². The van der Waals surface area contributed by atoms with Crippen LogP contribution in [0.2, 0.25) is 0 Å². The predicted octanol–water partition coefficient (Wildman–Crippen LogP) is 9.56. The van der Waals surface area contributed by atoms with Crippen LogP contribution in [0.25, 0.3) is 0 Å². The number of hydrogen-bond acceptors (Lipinski definition) is 10. The van der Waals surface area contributed by atoms with E-state index in [1.165, 1.54) is 51.4 Å². The van der Waals surface area contributed by atoms with Gasteiger partial charge in [-0.2, -0.15) is 0 Å². The molecular weight excluding hydrogens is 721 g/mol. The first-order chi connectivity index (χ1) is 26.6. The zero-order chi connectivity index (χ0) is 40.4. The van der Waals surface area contributed by atoms with Gasteiger partial charge in [0.05, 0.1) is 19.3 Å². The summed E-state index contributed by atoms with van der Waals surface area (Å²) >= 11 is 0. The summed E-state index contributed by atoms with van der Waals surface area (Å²) in [5.41, 5.74) is 5.34. The van der Waals surface area contributed by atoms with E-state index in [-0.39, 0.29) is 50.2 Å². The first kappa shape index (κ1) is 50.6. The van der Waals surface area contributed by atoms with Crippen molar-refractivity contribution in [3.05, 3.63) is 48.6 Å². The van der Waals surface area contributed by atoms with Crippen molar-refractivity contribution in [1.29, 1.82) is 0 Å². The average molecular weight is 796 g/mol. The first-order valence-corrected chi connectivity index (χ1v) is 22.7. The van der Waals surface area contributed by atoms with Crippen molar-refractivity contribution in [3.8, 4) is 0 Å². The molecule has 11 nitrogen and oxygen atoms in total. The molecule has 12 heteroatoms. The van der Waals surface area contributed by atoms with Gasteiger partial charge >= 0.3 is 19.8 Å². The Morgan fingerprint density at radius 1 is 0.800 bits per heavy atom. The van der Waals surface area contributed by atoms with E-state index in [2.05, 4.69) is 26.0 Å². The van der Waals surface area contributed by atoms with Crippen molar-refractivity contribution in [1.82, 2.24) is 0 Å². The first-order valence-electron chi connectivity index (χ1n) is 21.2. The van der Waals surface area contributed by atoms with Crippen LogP contribution in [0.5, 0.6) is 0 Å². The molecule has 1 aliphatic rings. The van der Waals surface area contributed by atoms with Gasteiger partial charge in [-0.05, 0) is 69.8 Å². The standard InChI is InChI=1S/C43H74NO10P/c1-3-5-7-8-9-10-11-12-13-14-15-16-17-18-23-27-42(47)51-35-39(36-53-55(49,50)52-34-33-44)54-43(48)28-24-20-19-22-25-37-29-32-41(46)40(37)31-30-38(45)26-21-6-4-2/h10-11,19,22,29-32,37-40,45H,3-9,12-18,20-21,23-28,33-36,44H2,1-2H3,(H,49,50)/b11-10-,22-19-,31-30+/t37-,38-,39+,40+/m0/s1. The third kappa shape index (κ3) is 28.6.